The number of aromatic nitrogens is 3. The molecular formula is C18H21ClN4O3S. The number of nitrogens with zero attached hydrogens (tertiary/aromatic N) is 3. The van der Waals surface area contributed by atoms with Gasteiger partial charge in [-0.25, -0.2) is 8.42 Å². The Balaban J connectivity index is 1.59. The van der Waals surface area contributed by atoms with Crippen LogP contribution in [0.3, 0.4) is 0 Å². The van der Waals surface area contributed by atoms with E-state index in [9.17, 15) is 13.2 Å². The summed E-state index contributed by atoms with van der Waals surface area (Å²) in [6.07, 6.45) is 4.61. The molecule has 0 aliphatic carbocycles. The van der Waals surface area contributed by atoms with Crippen molar-refractivity contribution in [3.63, 3.8) is 0 Å². The largest absolute Gasteiger partial charge is 0.326 e. The Bertz CT molecular complexity index is 986. The molecule has 4 rings (SSSR count). The average Bonchev–Trinajstić information content (AvgIpc) is 3.11. The second-order valence-electron chi connectivity index (χ2n) is 7.19. The summed E-state index contributed by atoms with van der Waals surface area (Å²) in [6.45, 7) is 0.852. The number of amides is 1. The summed E-state index contributed by atoms with van der Waals surface area (Å²) < 4.78 is 25.3. The normalized spacial score (nSPS) is 21.4. The standard InChI is InChI=1S/C18H21ClN4O3S/c19-15-6-5-13(20-18(24)12-7-9-27(25,26)11-12)10-14(15)17-22-21-16-4-2-1-3-8-23(16)17/h5-6,10,12H,1-4,7-9,11H2,(H,20,24). The van der Waals surface area contributed by atoms with Gasteiger partial charge in [0, 0.05) is 24.2 Å². The van der Waals surface area contributed by atoms with Crippen LogP contribution in [-0.2, 0) is 27.6 Å². The Kier molecular flexibility index (Phi) is 4.94. The number of anilines is 1. The zero-order valence-corrected chi connectivity index (χ0v) is 16.4. The molecule has 7 nitrogen and oxygen atoms in total. The second-order valence-corrected chi connectivity index (χ2v) is 9.82. The number of sulfone groups is 1. The molecule has 0 radical (unpaired) electrons. The van der Waals surface area contributed by atoms with Crippen molar-refractivity contribution in [1.82, 2.24) is 14.8 Å². The van der Waals surface area contributed by atoms with Gasteiger partial charge in [-0.1, -0.05) is 18.0 Å². The van der Waals surface area contributed by atoms with Crippen molar-refractivity contribution in [3.8, 4) is 11.4 Å². The quantitative estimate of drug-likeness (QED) is 0.842. The fourth-order valence-corrected chi connectivity index (χ4v) is 5.65. The first-order chi connectivity index (χ1) is 12.9. The lowest BCUT2D eigenvalue weighted by molar-refractivity contribution is -0.119. The Labute approximate surface area is 163 Å². The molecule has 2 aliphatic rings. The van der Waals surface area contributed by atoms with Crippen LogP contribution in [0.4, 0.5) is 5.69 Å². The molecule has 27 heavy (non-hydrogen) atoms. The molecular weight excluding hydrogens is 388 g/mol. The lowest BCUT2D eigenvalue weighted by Crippen LogP contribution is -2.23. The average molecular weight is 409 g/mol. The molecule has 144 valence electrons. The van der Waals surface area contributed by atoms with Gasteiger partial charge < -0.3 is 9.88 Å². The topological polar surface area (TPSA) is 93.9 Å². The van der Waals surface area contributed by atoms with Crippen molar-refractivity contribution in [2.45, 2.75) is 38.6 Å². The van der Waals surface area contributed by atoms with Gasteiger partial charge in [0.25, 0.3) is 0 Å². The number of benzene rings is 1. The van der Waals surface area contributed by atoms with Gasteiger partial charge in [-0.3, -0.25) is 4.79 Å². The number of fused-ring (bicyclic) bond motifs is 1. The van der Waals surface area contributed by atoms with Gasteiger partial charge in [-0.05, 0) is 37.5 Å². The summed E-state index contributed by atoms with van der Waals surface area (Å²) in [7, 11) is -3.10. The molecule has 1 unspecified atom stereocenters. The number of carbonyl (C=O) groups excluding carboxylic acids is 1. The summed E-state index contributed by atoms with van der Waals surface area (Å²) >= 11 is 6.40. The Morgan fingerprint density at radius 3 is 2.85 bits per heavy atom. The third-order valence-electron chi connectivity index (χ3n) is 5.19. The first-order valence-corrected chi connectivity index (χ1v) is 11.4. The highest BCUT2D eigenvalue weighted by Gasteiger charge is 2.33. The molecule has 0 spiro atoms. The maximum Gasteiger partial charge on any atom is 0.228 e. The molecule has 9 heteroatoms. The first-order valence-electron chi connectivity index (χ1n) is 9.16. The van der Waals surface area contributed by atoms with Crippen LogP contribution in [0.5, 0.6) is 0 Å². The minimum absolute atomic E-state index is 0.0723. The van der Waals surface area contributed by atoms with Crippen molar-refractivity contribution < 1.29 is 13.2 Å². The maximum absolute atomic E-state index is 12.4. The van der Waals surface area contributed by atoms with Crippen LogP contribution in [-0.4, -0.2) is 40.6 Å². The molecule has 1 N–H and O–H groups in total. The third kappa shape index (κ3) is 3.87. The number of hydrogen-bond donors (Lipinski definition) is 1. The highest BCUT2D eigenvalue weighted by atomic mass is 35.5. The van der Waals surface area contributed by atoms with Gasteiger partial charge in [0.15, 0.2) is 15.7 Å². The molecule has 1 amide bonds. The van der Waals surface area contributed by atoms with E-state index >= 15 is 0 Å². The van der Waals surface area contributed by atoms with Gasteiger partial charge >= 0.3 is 0 Å². The van der Waals surface area contributed by atoms with Crippen LogP contribution < -0.4 is 5.32 Å². The van der Waals surface area contributed by atoms with Crippen molar-refractivity contribution in [1.29, 1.82) is 0 Å². The van der Waals surface area contributed by atoms with E-state index < -0.39 is 15.8 Å². The molecule has 2 aromatic rings. The molecule has 1 aromatic carbocycles. The van der Waals surface area contributed by atoms with Crippen LogP contribution in [0, 0.1) is 5.92 Å². The van der Waals surface area contributed by atoms with E-state index in [2.05, 4.69) is 20.1 Å². The first kappa shape index (κ1) is 18.4. The van der Waals surface area contributed by atoms with E-state index in [1.807, 2.05) is 0 Å². The number of aryl methyl sites for hydroxylation is 1. The van der Waals surface area contributed by atoms with Gasteiger partial charge in [0.2, 0.25) is 5.91 Å². The molecule has 1 saturated heterocycles. The minimum Gasteiger partial charge on any atom is -0.326 e. The highest BCUT2D eigenvalue weighted by Crippen LogP contribution is 2.31. The lowest BCUT2D eigenvalue weighted by atomic mass is 10.1. The van der Waals surface area contributed by atoms with Crippen molar-refractivity contribution in [2.75, 3.05) is 16.8 Å². The Morgan fingerprint density at radius 2 is 2.07 bits per heavy atom. The van der Waals surface area contributed by atoms with Gasteiger partial charge in [-0.2, -0.15) is 0 Å². The number of hydrogen-bond acceptors (Lipinski definition) is 5. The maximum atomic E-state index is 12.4. The van der Waals surface area contributed by atoms with E-state index in [1.165, 1.54) is 0 Å². The van der Waals surface area contributed by atoms with Crippen molar-refractivity contribution in [3.05, 3.63) is 29.0 Å². The summed E-state index contributed by atoms with van der Waals surface area (Å²) in [6, 6.07) is 5.22. The van der Waals surface area contributed by atoms with Gasteiger partial charge in [-0.15, -0.1) is 10.2 Å². The van der Waals surface area contributed by atoms with Crippen molar-refractivity contribution >= 4 is 33.0 Å². The lowest BCUT2D eigenvalue weighted by Gasteiger charge is -2.12. The number of halogens is 1. The zero-order valence-electron chi connectivity index (χ0n) is 14.8. The molecule has 1 fully saturated rings. The number of nitrogens with one attached hydrogen (secondary N) is 1. The molecule has 1 aromatic heterocycles. The van der Waals surface area contributed by atoms with E-state index in [1.54, 1.807) is 18.2 Å². The van der Waals surface area contributed by atoms with Crippen LogP contribution in [0.15, 0.2) is 18.2 Å². The predicted octanol–water partition coefficient (Wildman–Crippen LogP) is 2.70. The van der Waals surface area contributed by atoms with Crippen LogP contribution >= 0.6 is 11.6 Å². The van der Waals surface area contributed by atoms with Gasteiger partial charge in [0.05, 0.1) is 22.4 Å². The van der Waals surface area contributed by atoms with Crippen LogP contribution in [0.1, 0.15) is 31.5 Å². The molecule has 0 bridgehead atoms. The molecule has 1 atom stereocenters. The minimum atomic E-state index is -3.10. The monoisotopic (exact) mass is 408 g/mol. The highest BCUT2D eigenvalue weighted by molar-refractivity contribution is 7.91. The molecule has 2 aliphatic heterocycles. The number of rotatable bonds is 3. The summed E-state index contributed by atoms with van der Waals surface area (Å²) in [5, 5.41) is 12.0. The summed E-state index contributed by atoms with van der Waals surface area (Å²) in [4.78, 5) is 12.4. The van der Waals surface area contributed by atoms with Crippen LogP contribution in [0.2, 0.25) is 5.02 Å². The SMILES string of the molecule is O=C(Nc1ccc(Cl)c(-c2nnc3n2CCCCC3)c1)C1CCS(=O)(=O)C1. The molecule has 3 heterocycles. The zero-order chi connectivity index (χ0) is 19.0. The Morgan fingerprint density at radius 1 is 1.22 bits per heavy atom. The smallest absolute Gasteiger partial charge is 0.228 e. The number of carbonyl (C=O) groups is 1. The van der Waals surface area contributed by atoms with Crippen molar-refractivity contribution in [2.24, 2.45) is 5.92 Å². The van der Waals surface area contributed by atoms with E-state index in [0.717, 1.165) is 38.1 Å². The fourth-order valence-electron chi connectivity index (χ4n) is 3.70. The van der Waals surface area contributed by atoms with E-state index in [4.69, 9.17) is 11.6 Å². The fraction of sp³-hybridized carbons (Fsp3) is 0.500. The predicted molar refractivity (Wildman–Crippen MR) is 103 cm³/mol. The Hall–Kier alpha value is -1.93. The summed E-state index contributed by atoms with van der Waals surface area (Å²) in [5.41, 5.74) is 1.30. The van der Waals surface area contributed by atoms with Gasteiger partial charge in [0.1, 0.15) is 5.82 Å². The molecule has 0 saturated carbocycles. The second kappa shape index (κ2) is 7.24. The summed E-state index contributed by atoms with van der Waals surface area (Å²) in [5.74, 6) is 0.878. The van der Waals surface area contributed by atoms with E-state index in [-0.39, 0.29) is 17.4 Å². The van der Waals surface area contributed by atoms with Crippen LogP contribution in [0.25, 0.3) is 11.4 Å². The van der Waals surface area contributed by atoms with E-state index in [0.29, 0.717) is 28.5 Å². The third-order valence-corrected chi connectivity index (χ3v) is 7.29.